The Morgan fingerprint density at radius 3 is 2.29 bits per heavy atom. The van der Waals surface area contributed by atoms with Crippen molar-refractivity contribution in [1.82, 2.24) is 20.1 Å². The van der Waals surface area contributed by atoms with E-state index in [4.69, 9.17) is 0 Å². The van der Waals surface area contributed by atoms with Gasteiger partial charge in [-0.3, -0.25) is 4.57 Å². The van der Waals surface area contributed by atoms with Gasteiger partial charge >= 0.3 is 6.03 Å². The normalized spacial score (nSPS) is 10.8. The van der Waals surface area contributed by atoms with Gasteiger partial charge in [0, 0.05) is 17.1 Å². The molecule has 1 heterocycles. The largest absolute Gasteiger partial charge is 0.331 e. The van der Waals surface area contributed by atoms with Crippen LogP contribution in [0.3, 0.4) is 0 Å². The van der Waals surface area contributed by atoms with Crippen LogP contribution < -0.4 is 10.6 Å². The number of para-hydroxylation sites is 1. The fraction of sp³-hybridized carbons (Fsp3) is 0.192. The molecule has 8 heteroatoms. The first-order valence-electron chi connectivity index (χ1n) is 10.9. The summed E-state index contributed by atoms with van der Waals surface area (Å²) in [5, 5.41) is 15.2. The average molecular weight is 476 g/mol. The number of carbonyl (C=O) groups excluding carboxylic acids is 1. The second-order valence-electron chi connectivity index (χ2n) is 8.06. The summed E-state index contributed by atoms with van der Waals surface area (Å²) in [6.07, 6.45) is 0. The van der Waals surface area contributed by atoms with Gasteiger partial charge in [0.15, 0.2) is 11.0 Å². The molecule has 1 aromatic heterocycles. The van der Waals surface area contributed by atoms with Crippen molar-refractivity contribution in [3.63, 3.8) is 0 Å². The molecule has 0 spiro atoms. The van der Waals surface area contributed by atoms with Crippen LogP contribution in [0, 0.1) is 26.6 Å². The fourth-order valence-electron chi connectivity index (χ4n) is 3.52. The number of nitrogens with one attached hydrogen (secondary N) is 2. The van der Waals surface area contributed by atoms with Crippen LogP contribution >= 0.6 is 11.8 Å². The third-order valence-corrected chi connectivity index (χ3v) is 6.40. The molecule has 4 rings (SSSR count). The van der Waals surface area contributed by atoms with E-state index in [1.54, 1.807) is 12.1 Å². The lowest BCUT2D eigenvalue weighted by Crippen LogP contribution is -2.30. The lowest BCUT2D eigenvalue weighted by molar-refractivity contribution is 0.251. The van der Waals surface area contributed by atoms with E-state index in [-0.39, 0.29) is 18.4 Å². The van der Waals surface area contributed by atoms with E-state index in [9.17, 15) is 9.18 Å². The van der Waals surface area contributed by atoms with Crippen LogP contribution in [0.1, 0.15) is 28.1 Å². The number of hydrogen-bond acceptors (Lipinski definition) is 4. The number of halogens is 1. The maximum atomic E-state index is 13.2. The predicted molar refractivity (Wildman–Crippen MR) is 134 cm³/mol. The summed E-state index contributed by atoms with van der Waals surface area (Å²) in [6, 6.07) is 20.0. The summed E-state index contributed by atoms with van der Waals surface area (Å²) in [5.41, 5.74) is 5.83. The van der Waals surface area contributed by atoms with Crippen molar-refractivity contribution >= 4 is 23.5 Å². The number of carbonyl (C=O) groups is 1. The predicted octanol–water partition coefficient (Wildman–Crippen LogP) is 5.95. The highest BCUT2D eigenvalue weighted by Crippen LogP contribution is 2.26. The number of thioether (sulfide) groups is 1. The van der Waals surface area contributed by atoms with E-state index < -0.39 is 0 Å². The number of urea groups is 1. The monoisotopic (exact) mass is 475 g/mol. The number of benzene rings is 3. The summed E-state index contributed by atoms with van der Waals surface area (Å²) in [7, 11) is 0. The van der Waals surface area contributed by atoms with Crippen LogP contribution in [0.15, 0.2) is 71.9 Å². The first kappa shape index (κ1) is 23.5. The number of hydrogen-bond donors (Lipinski definition) is 2. The van der Waals surface area contributed by atoms with Crippen molar-refractivity contribution in [3.05, 3.63) is 101 Å². The number of aromatic nitrogens is 3. The van der Waals surface area contributed by atoms with Crippen molar-refractivity contribution in [3.8, 4) is 5.69 Å². The highest BCUT2D eigenvalue weighted by Gasteiger charge is 2.16. The lowest BCUT2D eigenvalue weighted by atomic mass is 10.1. The molecule has 34 heavy (non-hydrogen) atoms. The van der Waals surface area contributed by atoms with Gasteiger partial charge in [0.25, 0.3) is 0 Å². The Kier molecular flexibility index (Phi) is 7.27. The van der Waals surface area contributed by atoms with Gasteiger partial charge in [-0.2, -0.15) is 0 Å². The number of anilines is 1. The first-order chi connectivity index (χ1) is 16.4. The Labute approximate surface area is 202 Å². The highest BCUT2D eigenvalue weighted by molar-refractivity contribution is 7.98. The van der Waals surface area contributed by atoms with E-state index in [0.717, 1.165) is 33.6 Å². The molecule has 3 aromatic carbocycles. The van der Waals surface area contributed by atoms with Gasteiger partial charge in [0.05, 0.1) is 6.54 Å². The van der Waals surface area contributed by atoms with E-state index in [1.807, 2.05) is 67.8 Å². The molecule has 0 saturated carbocycles. The van der Waals surface area contributed by atoms with Gasteiger partial charge in [0.1, 0.15) is 5.82 Å². The Morgan fingerprint density at radius 2 is 1.62 bits per heavy atom. The van der Waals surface area contributed by atoms with E-state index in [0.29, 0.717) is 16.7 Å². The van der Waals surface area contributed by atoms with E-state index in [2.05, 4.69) is 20.8 Å². The molecule has 0 unspecified atom stereocenters. The summed E-state index contributed by atoms with van der Waals surface area (Å²) in [4.78, 5) is 12.6. The molecule has 0 aliphatic heterocycles. The number of nitrogens with zero attached hydrogens (tertiary/aromatic N) is 3. The second kappa shape index (κ2) is 10.5. The van der Waals surface area contributed by atoms with E-state index >= 15 is 0 Å². The van der Waals surface area contributed by atoms with Crippen LogP contribution in [0.5, 0.6) is 0 Å². The van der Waals surface area contributed by atoms with Gasteiger partial charge in [-0.1, -0.05) is 59.8 Å². The topological polar surface area (TPSA) is 71.8 Å². The summed E-state index contributed by atoms with van der Waals surface area (Å²) < 4.78 is 15.2. The minimum absolute atomic E-state index is 0.203. The Bertz CT molecular complexity index is 1270. The average Bonchev–Trinajstić information content (AvgIpc) is 3.23. The molecule has 0 aliphatic carbocycles. The molecule has 0 bridgehead atoms. The smallest absolute Gasteiger partial charge is 0.319 e. The van der Waals surface area contributed by atoms with Crippen LogP contribution in [0.2, 0.25) is 0 Å². The van der Waals surface area contributed by atoms with Crippen molar-refractivity contribution in [2.75, 3.05) is 5.32 Å². The molecular formula is C26H26FN5OS. The summed E-state index contributed by atoms with van der Waals surface area (Å²) >= 11 is 1.51. The minimum Gasteiger partial charge on any atom is -0.331 e. The van der Waals surface area contributed by atoms with Crippen LogP contribution in [0.4, 0.5) is 14.9 Å². The second-order valence-corrected chi connectivity index (χ2v) is 9.00. The van der Waals surface area contributed by atoms with Gasteiger partial charge < -0.3 is 10.6 Å². The molecule has 0 aliphatic rings. The zero-order chi connectivity index (χ0) is 24.1. The Hall–Kier alpha value is -3.65. The van der Waals surface area contributed by atoms with Crippen molar-refractivity contribution < 1.29 is 9.18 Å². The first-order valence-corrected chi connectivity index (χ1v) is 11.9. The maximum Gasteiger partial charge on any atom is 0.319 e. The molecule has 6 nitrogen and oxygen atoms in total. The van der Waals surface area contributed by atoms with Crippen LogP contribution in [-0.2, 0) is 12.3 Å². The molecule has 0 fully saturated rings. The summed E-state index contributed by atoms with van der Waals surface area (Å²) in [6.45, 7) is 6.15. The Balaban J connectivity index is 1.52. The van der Waals surface area contributed by atoms with Crippen molar-refractivity contribution in [1.29, 1.82) is 0 Å². The maximum absolute atomic E-state index is 13.2. The van der Waals surface area contributed by atoms with Crippen LogP contribution in [0.25, 0.3) is 5.69 Å². The molecule has 2 N–H and O–H groups in total. The zero-order valence-electron chi connectivity index (χ0n) is 19.3. The fourth-order valence-corrected chi connectivity index (χ4v) is 4.45. The molecule has 174 valence electrons. The van der Waals surface area contributed by atoms with Gasteiger partial charge in [-0.15, -0.1) is 10.2 Å². The molecule has 0 atom stereocenters. The van der Waals surface area contributed by atoms with E-state index in [1.165, 1.54) is 23.9 Å². The van der Waals surface area contributed by atoms with Gasteiger partial charge in [-0.05, 0) is 61.7 Å². The summed E-state index contributed by atoms with van der Waals surface area (Å²) in [5.74, 6) is 0.969. The quantitative estimate of drug-likeness (QED) is 0.324. The third-order valence-electron chi connectivity index (χ3n) is 5.40. The number of rotatable bonds is 7. The van der Waals surface area contributed by atoms with Crippen molar-refractivity contribution in [2.45, 2.75) is 38.2 Å². The minimum atomic E-state index is -0.309. The standard InChI is InChI=1S/C26H26FN5OS/c1-17-7-13-22(14-8-17)32-23(15-28-25(33)29-24-18(2)5-4-6-19(24)3)30-31-26(32)34-16-20-9-11-21(27)12-10-20/h4-14H,15-16H2,1-3H3,(H2,28,29,33). The molecule has 0 saturated heterocycles. The number of aryl methyl sites for hydroxylation is 3. The molecule has 4 aromatic rings. The molecule has 0 radical (unpaired) electrons. The van der Waals surface area contributed by atoms with Gasteiger partial charge in [0.2, 0.25) is 0 Å². The Morgan fingerprint density at radius 1 is 0.941 bits per heavy atom. The SMILES string of the molecule is Cc1ccc(-n2c(CNC(=O)Nc3c(C)cccc3C)nnc2SCc2ccc(F)cc2)cc1. The number of amides is 2. The highest BCUT2D eigenvalue weighted by atomic mass is 32.2. The molecular weight excluding hydrogens is 449 g/mol. The zero-order valence-corrected chi connectivity index (χ0v) is 20.1. The van der Waals surface area contributed by atoms with Crippen molar-refractivity contribution in [2.24, 2.45) is 0 Å². The lowest BCUT2D eigenvalue weighted by Gasteiger charge is -2.13. The molecule has 2 amide bonds. The van der Waals surface area contributed by atoms with Gasteiger partial charge in [-0.25, -0.2) is 9.18 Å². The third kappa shape index (κ3) is 5.63. The van der Waals surface area contributed by atoms with Crippen LogP contribution in [-0.4, -0.2) is 20.8 Å².